The molecule has 5 nitrogen and oxygen atoms in total. The molecule has 24 heavy (non-hydrogen) atoms. The normalized spacial score (nSPS) is 20.0. The topological polar surface area (TPSA) is 53.9 Å². The van der Waals surface area contributed by atoms with Crippen LogP contribution < -0.4 is 5.32 Å². The molecular formula is C18H18ClN3O2. The van der Waals surface area contributed by atoms with Crippen LogP contribution >= 0.6 is 11.6 Å². The van der Waals surface area contributed by atoms with Crippen LogP contribution in [-0.2, 0) is 9.63 Å². The molecule has 1 aliphatic heterocycles. The van der Waals surface area contributed by atoms with Gasteiger partial charge in [0.25, 0.3) is 0 Å². The summed E-state index contributed by atoms with van der Waals surface area (Å²) in [7, 11) is 1.76. The number of aliphatic imine (C=N–C) groups is 1. The summed E-state index contributed by atoms with van der Waals surface area (Å²) in [6.07, 6.45) is 0.107. The van der Waals surface area contributed by atoms with E-state index < -0.39 is 5.72 Å². The van der Waals surface area contributed by atoms with Gasteiger partial charge in [-0.25, -0.2) is 14.9 Å². The fourth-order valence-corrected chi connectivity index (χ4v) is 2.81. The van der Waals surface area contributed by atoms with Crippen LogP contribution in [0.5, 0.6) is 0 Å². The summed E-state index contributed by atoms with van der Waals surface area (Å²) in [4.78, 5) is 22.7. The Morgan fingerprint density at radius 3 is 2.71 bits per heavy atom. The molecule has 0 fully saturated rings. The number of carbonyl (C=O) groups is 1. The summed E-state index contributed by atoms with van der Waals surface area (Å²) in [6, 6.07) is 16.7. The zero-order valence-corrected chi connectivity index (χ0v) is 14.2. The third kappa shape index (κ3) is 3.75. The summed E-state index contributed by atoms with van der Waals surface area (Å²) in [5, 5.41) is 5.04. The fraction of sp³-hybridized carbons (Fsp3) is 0.222. The van der Waals surface area contributed by atoms with Gasteiger partial charge in [-0.3, -0.25) is 4.79 Å². The summed E-state index contributed by atoms with van der Waals surface area (Å²) in [6.45, 7) is 1.78. The van der Waals surface area contributed by atoms with Crippen molar-refractivity contribution < 1.29 is 9.63 Å². The predicted octanol–water partition coefficient (Wildman–Crippen LogP) is 3.71. The highest BCUT2D eigenvalue weighted by molar-refractivity contribution is 6.31. The molecular weight excluding hydrogens is 326 g/mol. The van der Waals surface area contributed by atoms with Crippen LogP contribution in [0.25, 0.3) is 0 Å². The van der Waals surface area contributed by atoms with E-state index in [1.807, 2.05) is 48.5 Å². The minimum absolute atomic E-state index is 0.107. The Balaban J connectivity index is 1.74. The smallest absolute Gasteiger partial charge is 0.229 e. The number of amidine groups is 1. The predicted molar refractivity (Wildman–Crippen MR) is 94.9 cm³/mol. The molecule has 1 amide bonds. The fourth-order valence-electron chi connectivity index (χ4n) is 2.62. The number of hydrogen-bond acceptors (Lipinski definition) is 4. The van der Waals surface area contributed by atoms with Crippen molar-refractivity contribution in [1.82, 2.24) is 5.06 Å². The number of benzene rings is 2. The highest BCUT2D eigenvalue weighted by atomic mass is 35.5. The average molecular weight is 344 g/mol. The minimum atomic E-state index is -0.953. The van der Waals surface area contributed by atoms with Crippen molar-refractivity contribution in [2.75, 3.05) is 12.4 Å². The van der Waals surface area contributed by atoms with Gasteiger partial charge >= 0.3 is 0 Å². The van der Waals surface area contributed by atoms with Gasteiger partial charge in [-0.2, -0.15) is 0 Å². The Kier molecular flexibility index (Phi) is 4.55. The molecule has 2 aromatic rings. The number of rotatable bonds is 4. The molecule has 1 heterocycles. The lowest BCUT2D eigenvalue weighted by atomic mass is 10.1. The van der Waals surface area contributed by atoms with Crippen molar-refractivity contribution in [3.63, 3.8) is 0 Å². The number of hydroxylamine groups is 2. The molecule has 0 aliphatic carbocycles. The maximum absolute atomic E-state index is 12.3. The van der Waals surface area contributed by atoms with Gasteiger partial charge in [0.05, 0.1) is 6.42 Å². The molecule has 1 N–H and O–H groups in total. The first-order valence-corrected chi connectivity index (χ1v) is 7.96. The first-order valence-electron chi connectivity index (χ1n) is 7.59. The van der Waals surface area contributed by atoms with Gasteiger partial charge < -0.3 is 5.32 Å². The maximum Gasteiger partial charge on any atom is 0.229 e. The Morgan fingerprint density at radius 2 is 2.00 bits per heavy atom. The van der Waals surface area contributed by atoms with Crippen LogP contribution in [0.1, 0.15) is 18.9 Å². The van der Waals surface area contributed by atoms with Crippen LogP contribution in [-0.4, -0.2) is 29.6 Å². The molecule has 0 saturated heterocycles. The van der Waals surface area contributed by atoms with Crippen molar-refractivity contribution in [2.45, 2.75) is 19.1 Å². The monoisotopic (exact) mass is 343 g/mol. The second-order valence-corrected chi connectivity index (χ2v) is 6.24. The van der Waals surface area contributed by atoms with E-state index in [0.29, 0.717) is 10.9 Å². The number of nitrogens with zero attached hydrogens (tertiary/aromatic N) is 2. The van der Waals surface area contributed by atoms with Crippen molar-refractivity contribution in [1.29, 1.82) is 0 Å². The second-order valence-electron chi connectivity index (χ2n) is 5.80. The largest absolute Gasteiger partial charge is 0.326 e. The Labute approximate surface area is 145 Å². The maximum atomic E-state index is 12.3. The van der Waals surface area contributed by atoms with Gasteiger partial charge in [0.2, 0.25) is 5.91 Å². The molecule has 1 atom stereocenters. The summed E-state index contributed by atoms with van der Waals surface area (Å²) >= 11 is 6.04. The highest BCUT2D eigenvalue weighted by Crippen LogP contribution is 2.29. The Morgan fingerprint density at radius 1 is 1.25 bits per heavy atom. The molecule has 0 radical (unpaired) electrons. The number of carbonyl (C=O) groups excluding carboxylic acids is 1. The summed E-state index contributed by atoms with van der Waals surface area (Å²) in [5.41, 5.74) is 0.638. The first-order chi connectivity index (χ1) is 11.5. The van der Waals surface area contributed by atoms with Crippen LogP contribution in [0.3, 0.4) is 0 Å². The molecule has 0 bridgehead atoms. The molecule has 0 saturated carbocycles. The van der Waals surface area contributed by atoms with Gasteiger partial charge in [-0.05, 0) is 31.2 Å². The van der Waals surface area contributed by atoms with E-state index in [9.17, 15) is 4.79 Å². The van der Waals surface area contributed by atoms with Gasteiger partial charge in [0.1, 0.15) is 0 Å². The number of amides is 1. The van der Waals surface area contributed by atoms with Gasteiger partial charge in [0.15, 0.2) is 11.6 Å². The lowest BCUT2D eigenvalue weighted by molar-refractivity contribution is -0.164. The van der Waals surface area contributed by atoms with Gasteiger partial charge in [-0.1, -0.05) is 41.9 Å². The van der Waals surface area contributed by atoms with Gasteiger partial charge in [-0.15, -0.1) is 0 Å². The number of para-hydroxylation sites is 1. The van der Waals surface area contributed by atoms with Crippen molar-refractivity contribution in [3.8, 4) is 0 Å². The van der Waals surface area contributed by atoms with Crippen LogP contribution in [0.2, 0.25) is 5.02 Å². The van der Waals surface area contributed by atoms with E-state index in [0.717, 1.165) is 11.3 Å². The van der Waals surface area contributed by atoms with E-state index >= 15 is 0 Å². The van der Waals surface area contributed by atoms with Crippen LogP contribution in [0, 0.1) is 0 Å². The second kappa shape index (κ2) is 6.63. The third-order valence-electron chi connectivity index (χ3n) is 3.60. The van der Waals surface area contributed by atoms with Crippen LogP contribution in [0.15, 0.2) is 59.6 Å². The minimum Gasteiger partial charge on any atom is -0.326 e. The SMILES string of the molecule is CN1OC(C)(CC(=O)Nc2ccccc2)N=C1c1cccc(Cl)c1. The number of nitrogens with one attached hydrogen (secondary N) is 1. The van der Waals surface area contributed by atoms with Gasteiger partial charge in [0, 0.05) is 23.3 Å². The average Bonchev–Trinajstić information content (AvgIpc) is 2.82. The molecule has 2 aromatic carbocycles. The van der Waals surface area contributed by atoms with E-state index in [4.69, 9.17) is 16.4 Å². The van der Waals surface area contributed by atoms with E-state index in [1.54, 1.807) is 25.1 Å². The lowest BCUT2D eigenvalue weighted by Gasteiger charge is -2.21. The van der Waals surface area contributed by atoms with E-state index in [-0.39, 0.29) is 12.3 Å². The number of anilines is 1. The molecule has 1 unspecified atom stereocenters. The number of hydrogen-bond donors (Lipinski definition) is 1. The van der Waals surface area contributed by atoms with E-state index in [2.05, 4.69) is 10.3 Å². The number of halogens is 1. The quantitative estimate of drug-likeness (QED) is 0.920. The standard InChI is InChI=1S/C18H18ClN3O2/c1-18(12-16(23)20-15-9-4-3-5-10-15)21-17(22(2)24-18)13-7-6-8-14(19)11-13/h3-11H,12H2,1-2H3,(H,20,23). The molecule has 3 rings (SSSR count). The molecule has 0 aromatic heterocycles. The molecule has 6 heteroatoms. The zero-order valence-electron chi connectivity index (χ0n) is 13.5. The Bertz CT molecular complexity index is 779. The lowest BCUT2D eigenvalue weighted by Crippen LogP contribution is -2.32. The highest BCUT2D eigenvalue weighted by Gasteiger charge is 2.37. The molecule has 124 valence electrons. The first kappa shape index (κ1) is 16.5. The zero-order chi connectivity index (χ0) is 17.2. The molecule has 1 aliphatic rings. The molecule has 0 spiro atoms. The van der Waals surface area contributed by atoms with Crippen LogP contribution in [0.4, 0.5) is 5.69 Å². The summed E-state index contributed by atoms with van der Waals surface area (Å²) in [5.74, 6) is 0.487. The van der Waals surface area contributed by atoms with Crippen molar-refractivity contribution in [3.05, 3.63) is 65.2 Å². The van der Waals surface area contributed by atoms with Crippen molar-refractivity contribution in [2.24, 2.45) is 4.99 Å². The summed E-state index contributed by atoms with van der Waals surface area (Å²) < 4.78 is 0. The van der Waals surface area contributed by atoms with E-state index in [1.165, 1.54) is 0 Å². The third-order valence-corrected chi connectivity index (χ3v) is 3.84. The van der Waals surface area contributed by atoms with Crippen molar-refractivity contribution >= 4 is 29.0 Å². The Hall–Kier alpha value is -2.37.